The van der Waals surface area contributed by atoms with Crippen molar-refractivity contribution in [2.75, 3.05) is 20.2 Å². The third kappa shape index (κ3) is 3.00. The Morgan fingerprint density at radius 3 is 2.94 bits per heavy atom. The molecule has 5 heteroatoms. The molecule has 1 fully saturated rings. The molecule has 1 aliphatic rings. The summed E-state index contributed by atoms with van der Waals surface area (Å²) in [7, 11) is 1.45. The summed E-state index contributed by atoms with van der Waals surface area (Å²) in [5, 5.41) is 0.501. The number of hydrogen-bond donors (Lipinski definition) is 0. The number of aromatic nitrogens is 1. The third-order valence-electron chi connectivity index (χ3n) is 3.39. The summed E-state index contributed by atoms with van der Waals surface area (Å²) in [5.41, 5.74) is 1.11. The van der Waals surface area contributed by atoms with E-state index >= 15 is 0 Å². The second-order valence-electron chi connectivity index (χ2n) is 4.79. The molecule has 2 rings (SSSR count). The number of ether oxygens (including phenoxy) is 1. The largest absolute Gasteiger partial charge is 0.469 e. The maximum atomic E-state index is 11.6. The zero-order valence-corrected chi connectivity index (χ0v) is 11.4. The minimum absolute atomic E-state index is 0.0183. The average Bonchev–Trinajstić information content (AvgIpc) is 2.72. The molecule has 18 heavy (non-hydrogen) atoms. The molecule has 0 N–H and O–H groups in total. The summed E-state index contributed by atoms with van der Waals surface area (Å²) in [6.07, 6.45) is 1.78. The van der Waals surface area contributed by atoms with E-state index in [0.29, 0.717) is 11.1 Å². The van der Waals surface area contributed by atoms with Crippen LogP contribution in [0.25, 0.3) is 0 Å². The van der Waals surface area contributed by atoms with Crippen molar-refractivity contribution in [2.45, 2.75) is 13.5 Å². The molecule has 0 spiro atoms. The van der Waals surface area contributed by atoms with Gasteiger partial charge in [0.15, 0.2) is 0 Å². The maximum Gasteiger partial charge on any atom is 0.310 e. The van der Waals surface area contributed by atoms with E-state index in [1.54, 1.807) is 12.3 Å². The lowest BCUT2D eigenvalue weighted by molar-refractivity contribution is -0.146. The van der Waals surface area contributed by atoms with Gasteiger partial charge in [-0.1, -0.05) is 24.6 Å². The van der Waals surface area contributed by atoms with Crippen molar-refractivity contribution in [1.82, 2.24) is 9.88 Å². The lowest BCUT2D eigenvalue weighted by Crippen LogP contribution is -2.24. The van der Waals surface area contributed by atoms with Crippen LogP contribution < -0.4 is 0 Å². The Labute approximate surface area is 112 Å². The van der Waals surface area contributed by atoms with Crippen molar-refractivity contribution in [3.05, 3.63) is 29.0 Å². The Morgan fingerprint density at radius 2 is 2.33 bits per heavy atom. The van der Waals surface area contributed by atoms with Crippen LogP contribution in [0, 0.1) is 11.8 Å². The highest BCUT2D eigenvalue weighted by molar-refractivity contribution is 6.29. The van der Waals surface area contributed by atoms with Gasteiger partial charge in [-0.3, -0.25) is 9.69 Å². The Balaban J connectivity index is 1.96. The van der Waals surface area contributed by atoms with Gasteiger partial charge in [0.25, 0.3) is 0 Å². The van der Waals surface area contributed by atoms with Crippen molar-refractivity contribution in [3.63, 3.8) is 0 Å². The molecule has 0 aromatic carbocycles. The lowest BCUT2D eigenvalue weighted by atomic mass is 9.99. The van der Waals surface area contributed by atoms with Gasteiger partial charge < -0.3 is 4.74 Å². The molecule has 2 heterocycles. The van der Waals surface area contributed by atoms with Crippen molar-refractivity contribution in [1.29, 1.82) is 0 Å². The quantitative estimate of drug-likeness (QED) is 0.621. The van der Waals surface area contributed by atoms with Crippen LogP contribution in [0.2, 0.25) is 5.15 Å². The summed E-state index contributed by atoms with van der Waals surface area (Å²) in [6, 6.07) is 3.75. The lowest BCUT2D eigenvalue weighted by Gasteiger charge is -2.15. The van der Waals surface area contributed by atoms with Gasteiger partial charge in [0.1, 0.15) is 5.15 Å². The smallest absolute Gasteiger partial charge is 0.310 e. The fourth-order valence-corrected chi connectivity index (χ4v) is 2.52. The van der Waals surface area contributed by atoms with Crippen LogP contribution in [0.4, 0.5) is 0 Å². The van der Waals surface area contributed by atoms with E-state index in [-0.39, 0.29) is 11.9 Å². The molecule has 2 atom stereocenters. The summed E-state index contributed by atoms with van der Waals surface area (Å²) in [4.78, 5) is 17.9. The summed E-state index contributed by atoms with van der Waals surface area (Å²) in [6.45, 7) is 4.53. The number of likely N-dealkylation sites (tertiary alicyclic amines) is 1. The number of carbonyl (C=O) groups is 1. The molecule has 98 valence electrons. The molecule has 2 unspecified atom stereocenters. The van der Waals surface area contributed by atoms with E-state index in [4.69, 9.17) is 16.3 Å². The van der Waals surface area contributed by atoms with Gasteiger partial charge in [-0.2, -0.15) is 0 Å². The van der Waals surface area contributed by atoms with Crippen LogP contribution in [-0.2, 0) is 16.1 Å². The SMILES string of the molecule is COC(=O)C1CN(Cc2ccc(Cl)nc2)CC1C. The number of hydrogen-bond acceptors (Lipinski definition) is 4. The number of rotatable bonds is 3. The van der Waals surface area contributed by atoms with E-state index < -0.39 is 0 Å². The van der Waals surface area contributed by atoms with Gasteiger partial charge in [-0.15, -0.1) is 0 Å². The standard InChI is InChI=1S/C13H17ClN2O2/c1-9-6-16(8-11(9)13(17)18-2)7-10-3-4-12(14)15-5-10/h3-5,9,11H,6-8H2,1-2H3. The normalized spacial score (nSPS) is 24.2. The molecule has 1 aromatic rings. The predicted molar refractivity (Wildman–Crippen MR) is 69.2 cm³/mol. The highest BCUT2D eigenvalue weighted by atomic mass is 35.5. The Morgan fingerprint density at radius 1 is 1.56 bits per heavy atom. The van der Waals surface area contributed by atoms with Crippen molar-refractivity contribution in [3.8, 4) is 0 Å². The minimum Gasteiger partial charge on any atom is -0.469 e. The summed E-state index contributed by atoms with van der Waals surface area (Å²) in [5.74, 6) is 0.201. The Kier molecular flexibility index (Phi) is 4.19. The van der Waals surface area contributed by atoms with Gasteiger partial charge in [-0.25, -0.2) is 4.98 Å². The van der Waals surface area contributed by atoms with Crippen LogP contribution in [0.15, 0.2) is 18.3 Å². The highest BCUT2D eigenvalue weighted by Gasteiger charge is 2.35. The van der Waals surface area contributed by atoms with Gasteiger partial charge >= 0.3 is 5.97 Å². The zero-order valence-electron chi connectivity index (χ0n) is 10.6. The number of pyridine rings is 1. The molecular formula is C13H17ClN2O2. The van der Waals surface area contributed by atoms with Crippen LogP contribution in [-0.4, -0.2) is 36.1 Å². The average molecular weight is 269 g/mol. The first-order chi connectivity index (χ1) is 8.60. The van der Waals surface area contributed by atoms with Crippen LogP contribution in [0.3, 0.4) is 0 Å². The molecule has 0 saturated carbocycles. The first-order valence-electron chi connectivity index (χ1n) is 6.00. The Hall–Kier alpha value is -1.13. The predicted octanol–water partition coefficient (Wildman–Crippen LogP) is 1.98. The van der Waals surface area contributed by atoms with E-state index in [0.717, 1.165) is 25.2 Å². The molecule has 4 nitrogen and oxygen atoms in total. The van der Waals surface area contributed by atoms with Crippen LogP contribution in [0.5, 0.6) is 0 Å². The van der Waals surface area contributed by atoms with Gasteiger partial charge in [0, 0.05) is 25.8 Å². The van der Waals surface area contributed by atoms with E-state index in [1.807, 2.05) is 6.07 Å². The highest BCUT2D eigenvalue weighted by Crippen LogP contribution is 2.25. The molecule has 0 bridgehead atoms. The van der Waals surface area contributed by atoms with E-state index in [2.05, 4.69) is 16.8 Å². The fourth-order valence-electron chi connectivity index (χ4n) is 2.41. The topological polar surface area (TPSA) is 42.4 Å². The molecule has 0 radical (unpaired) electrons. The zero-order chi connectivity index (χ0) is 13.1. The monoisotopic (exact) mass is 268 g/mol. The number of halogens is 1. The third-order valence-corrected chi connectivity index (χ3v) is 3.61. The molecular weight excluding hydrogens is 252 g/mol. The molecule has 1 aliphatic heterocycles. The molecule has 1 aromatic heterocycles. The Bertz CT molecular complexity index is 422. The fraction of sp³-hybridized carbons (Fsp3) is 0.538. The molecule has 0 amide bonds. The number of methoxy groups -OCH3 is 1. The number of nitrogens with zero attached hydrogens (tertiary/aromatic N) is 2. The van der Waals surface area contributed by atoms with Crippen molar-refractivity contribution >= 4 is 17.6 Å². The van der Waals surface area contributed by atoms with E-state index in [9.17, 15) is 4.79 Å². The van der Waals surface area contributed by atoms with E-state index in [1.165, 1.54) is 7.11 Å². The first kappa shape index (κ1) is 13.3. The van der Waals surface area contributed by atoms with Gasteiger partial charge in [0.05, 0.1) is 13.0 Å². The minimum atomic E-state index is -0.112. The second-order valence-corrected chi connectivity index (χ2v) is 5.18. The maximum absolute atomic E-state index is 11.6. The van der Waals surface area contributed by atoms with Crippen molar-refractivity contribution in [2.24, 2.45) is 11.8 Å². The molecule has 0 aliphatic carbocycles. The number of esters is 1. The first-order valence-corrected chi connectivity index (χ1v) is 6.38. The van der Waals surface area contributed by atoms with Crippen LogP contribution in [0.1, 0.15) is 12.5 Å². The summed E-state index contributed by atoms with van der Waals surface area (Å²) < 4.78 is 4.82. The van der Waals surface area contributed by atoms with Gasteiger partial charge in [0.2, 0.25) is 0 Å². The second kappa shape index (κ2) is 5.67. The number of carbonyl (C=O) groups excluding carboxylic acids is 1. The van der Waals surface area contributed by atoms with Gasteiger partial charge in [-0.05, 0) is 17.5 Å². The molecule has 1 saturated heterocycles. The summed E-state index contributed by atoms with van der Waals surface area (Å²) >= 11 is 5.75. The van der Waals surface area contributed by atoms with Crippen molar-refractivity contribution < 1.29 is 9.53 Å². The van der Waals surface area contributed by atoms with Crippen LogP contribution >= 0.6 is 11.6 Å².